The van der Waals surface area contributed by atoms with Gasteiger partial charge in [0.1, 0.15) is 5.75 Å². The SMILES string of the molecule is Cc1ccc(O)cc1.O=C1C=CC=CC1=O. The van der Waals surface area contributed by atoms with E-state index < -0.39 is 11.6 Å². The molecule has 2 rings (SSSR count). The number of benzene rings is 1. The van der Waals surface area contributed by atoms with Gasteiger partial charge in [-0.15, -0.1) is 0 Å². The van der Waals surface area contributed by atoms with Gasteiger partial charge >= 0.3 is 0 Å². The van der Waals surface area contributed by atoms with Gasteiger partial charge < -0.3 is 5.11 Å². The number of hydrogen-bond acceptors (Lipinski definition) is 3. The fourth-order valence-corrected chi connectivity index (χ4v) is 0.995. The molecule has 0 atom stereocenters. The molecule has 3 nitrogen and oxygen atoms in total. The first-order chi connectivity index (χ1) is 7.59. The minimum atomic E-state index is -0.437. The summed E-state index contributed by atoms with van der Waals surface area (Å²) in [6.07, 6.45) is 5.60. The molecule has 1 N–H and O–H groups in total. The summed E-state index contributed by atoms with van der Waals surface area (Å²) in [6.45, 7) is 1.99. The third-order valence-corrected chi connectivity index (χ3v) is 1.88. The van der Waals surface area contributed by atoms with Crippen LogP contribution in [0.2, 0.25) is 0 Å². The maximum atomic E-state index is 10.3. The number of ketones is 2. The van der Waals surface area contributed by atoms with Gasteiger partial charge in [-0.1, -0.05) is 29.8 Å². The second-order valence-corrected chi connectivity index (χ2v) is 3.28. The highest BCUT2D eigenvalue weighted by Gasteiger charge is 2.06. The van der Waals surface area contributed by atoms with Crippen LogP contribution < -0.4 is 0 Å². The number of rotatable bonds is 0. The van der Waals surface area contributed by atoms with E-state index in [1.807, 2.05) is 19.1 Å². The molecule has 0 saturated carbocycles. The van der Waals surface area contributed by atoms with Crippen molar-refractivity contribution >= 4 is 11.6 Å². The van der Waals surface area contributed by atoms with Crippen LogP contribution >= 0.6 is 0 Å². The van der Waals surface area contributed by atoms with E-state index >= 15 is 0 Å². The molecule has 1 aromatic carbocycles. The Morgan fingerprint density at radius 3 is 1.62 bits per heavy atom. The summed E-state index contributed by atoms with van der Waals surface area (Å²) in [6, 6.07) is 7.09. The van der Waals surface area contributed by atoms with Gasteiger partial charge in [0.05, 0.1) is 0 Å². The maximum absolute atomic E-state index is 10.3. The molecule has 0 spiro atoms. The van der Waals surface area contributed by atoms with Crippen molar-refractivity contribution in [1.82, 2.24) is 0 Å². The van der Waals surface area contributed by atoms with Crippen LogP contribution in [0.3, 0.4) is 0 Å². The van der Waals surface area contributed by atoms with Crippen molar-refractivity contribution in [2.75, 3.05) is 0 Å². The van der Waals surface area contributed by atoms with Gasteiger partial charge in [0.15, 0.2) is 0 Å². The molecule has 1 aromatic rings. The lowest BCUT2D eigenvalue weighted by Gasteiger charge is -1.89. The minimum absolute atomic E-state index is 0.329. The van der Waals surface area contributed by atoms with Crippen LogP contribution in [0, 0.1) is 6.92 Å². The van der Waals surface area contributed by atoms with Crippen molar-refractivity contribution in [2.24, 2.45) is 0 Å². The van der Waals surface area contributed by atoms with Gasteiger partial charge in [0.25, 0.3) is 0 Å². The van der Waals surface area contributed by atoms with Crippen LogP contribution in [0.1, 0.15) is 5.56 Å². The van der Waals surface area contributed by atoms with Crippen molar-refractivity contribution < 1.29 is 14.7 Å². The first-order valence-electron chi connectivity index (χ1n) is 4.78. The molecule has 82 valence electrons. The highest BCUT2D eigenvalue weighted by molar-refractivity contribution is 6.46. The van der Waals surface area contributed by atoms with Crippen LogP contribution in [-0.4, -0.2) is 16.7 Å². The molecule has 0 amide bonds. The molecular formula is C13H12O3. The van der Waals surface area contributed by atoms with Crippen molar-refractivity contribution in [2.45, 2.75) is 6.92 Å². The Balaban J connectivity index is 0.000000160. The molecule has 1 aliphatic rings. The third-order valence-electron chi connectivity index (χ3n) is 1.88. The van der Waals surface area contributed by atoms with E-state index in [9.17, 15) is 9.59 Å². The Kier molecular flexibility index (Phi) is 4.21. The number of carbonyl (C=O) groups is 2. The number of phenolic OH excluding ortho intramolecular Hbond substituents is 1. The predicted molar refractivity (Wildman–Crippen MR) is 61.1 cm³/mol. The molecule has 0 heterocycles. The minimum Gasteiger partial charge on any atom is -0.508 e. The quantitative estimate of drug-likeness (QED) is 0.532. The van der Waals surface area contributed by atoms with E-state index in [2.05, 4.69) is 0 Å². The normalized spacial score (nSPS) is 13.3. The Morgan fingerprint density at radius 1 is 0.875 bits per heavy atom. The molecule has 0 unspecified atom stereocenters. The molecule has 0 fully saturated rings. The van der Waals surface area contributed by atoms with Crippen LogP contribution in [0.4, 0.5) is 0 Å². The summed E-state index contributed by atoms with van der Waals surface area (Å²) in [4.78, 5) is 20.6. The Bertz CT molecular complexity index is 396. The van der Waals surface area contributed by atoms with Gasteiger partial charge in [-0.2, -0.15) is 0 Å². The second-order valence-electron chi connectivity index (χ2n) is 3.28. The number of carbonyl (C=O) groups excluding carboxylic acids is 2. The Hall–Kier alpha value is -2.16. The molecule has 3 heteroatoms. The van der Waals surface area contributed by atoms with Crippen LogP contribution in [0.25, 0.3) is 0 Å². The molecule has 16 heavy (non-hydrogen) atoms. The number of hydrogen-bond donors (Lipinski definition) is 1. The molecule has 0 bridgehead atoms. The molecule has 0 aromatic heterocycles. The average molecular weight is 216 g/mol. The topological polar surface area (TPSA) is 54.4 Å². The lowest BCUT2D eigenvalue weighted by Crippen LogP contribution is -2.08. The molecule has 0 saturated heterocycles. The summed E-state index contributed by atoms with van der Waals surface area (Å²) < 4.78 is 0. The van der Waals surface area contributed by atoms with E-state index in [1.165, 1.54) is 17.7 Å². The van der Waals surface area contributed by atoms with E-state index in [0.717, 1.165) is 0 Å². The summed E-state index contributed by atoms with van der Waals surface area (Å²) >= 11 is 0. The van der Waals surface area contributed by atoms with Gasteiger partial charge in [0.2, 0.25) is 11.6 Å². The number of phenols is 1. The molecule has 1 aliphatic carbocycles. The number of aryl methyl sites for hydroxylation is 1. The highest BCUT2D eigenvalue weighted by atomic mass is 16.3. The highest BCUT2D eigenvalue weighted by Crippen LogP contribution is 2.07. The van der Waals surface area contributed by atoms with Gasteiger partial charge in [0, 0.05) is 0 Å². The summed E-state index contributed by atoms with van der Waals surface area (Å²) in [5.74, 6) is -0.546. The number of allylic oxidation sites excluding steroid dienone is 4. The lowest BCUT2D eigenvalue weighted by atomic mass is 10.1. The van der Waals surface area contributed by atoms with E-state index in [4.69, 9.17) is 5.11 Å². The number of aromatic hydroxyl groups is 1. The first kappa shape index (κ1) is 11.9. The van der Waals surface area contributed by atoms with E-state index in [-0.39, 0.29) is 0 Å². The fourth-order valence-electron chi connectivity index (χ4n) is 0.995. The zero-order valence-electron chi connectivity index (χ0n) is 8.88. The van der Waals surface area contributed by atoms with Crippen molar-refractivity contribution in [1.29, 1.82) is 0 Å². The zero-order valence-corrected chi connectivity index (χ0v) is 8.88. The van der Waals surface area contributed by atoms with Gasteiger partial charge in [-0.25, -0.2) is 0 Å². The monoisotopic (exact) mass is 216 g/mol. The second kappa shape index (κ2) is 5.66. The molecular weight excluding hydrogens is 204 g/mol. The van der Waals surface area contributed by atoms with Gasteiger partial charge in [-0.3, -0.25) is 9.59 Å². The van der Waals surface area contributed by atoms with E-state index in [1.54, 1.807) is 24.3 Å². The van der Waals surface area contributed by atoms with Gasteiger partial charge in [-0.05, 0) is 31.2 Å². The predicted octanol–water partition coefficient (Wildman–Crippen LogP) is 1.95. The van der Waals surface area contributed by atoms with Crippen LogP contribution in [0.15, 0.2) is 48.6 Å². The zero-order chi connectivity index (χ0) is 12.0. The van der Waals surface area contributed by atoms with Crippen molar-refractivity contribution in [3.8, 4) is 5.75 Å². The molecule has 0 radical (unpaired) electrons. The standard InChI is InChI=1S/C7H8O.C6H4O2/c1-6-2-4-7(8)5-3-6;7-5-3-1-2-4-6(5)8/h2-5,8H,1H3;1-4H. The van der Waals surface area contributed by atoms with Crippen LogP contribution in [-0.2, 0) is 9.59 Å². The largest absolute Gasteiger partial charge is 0.508 e. The maximum Gasteiger partial charge on any atom is 0.225 e. The summed E-state index contributed by atoms with van der Waals surface area (Å²) in [5.41, 5.74) is 1.17. The average Bonchev–Trinajstić information content (AvgIpc) is 2.28. The lowest BCUT2D eigenvalue weighted by molar-refractivity contribution is -0.131. The summed E-state index contributed by atoms with van der Waals surface area (Å²) in [5, 5.41) is 8.76. The first-order valence-corrected chi connectivity index (χ1v) is 4.78. The van der Waals surface area contributed by atoms with Crippen molar-refractivity contribution in [3.05, 3.63) is 54.1 Å². The fraction of sp³-hybridized carbons (Fsp3) is 0.0769. The third kappa shape index (κ3) is 3.92. The smallest absolute Gasteiger partial charge is 0.225 e. The Labute approximate surface area is 93.7 Å². The molecule has 0 aliphatic heterocycles. The van der Waals surface area contributed by atoms with Crippen molar-refractivity contribution in [3.63, 3.8) is 0 Å². The van der Waals surface area contributed by atoms with E-state index in [0.29, 0.717) is 5.75 Å². The van der Waals surface area contributed by atoms with Crippen LogP contribution in [0.5, 0.6) is 5.75 Å². The Morgan fingerprint density at radius 2 is 1.31 bits per heavy atom. The summed E-state index contributed by atoms with van der Waals surface area (Å²) in [7, 11) is 0.